The molecule has 0 radical (unpaired) electrons. The number of benzene rings is 1. The van der Waals surface area contributed by atoms with Crippen molar-refractivity contribution in [3.05, 3.63) is 68.7 Å². The number of carbonyl (C=O) groups is 1. The summed E-state index contributed by atoms with van der Waals surface area (Å²) in [6, 6.07) is 8.00. The maximum atomic E-state index is 13.4. The molecule has 1 atom stereocenters. The maximum Gasteiger partial charge on any atom is 0.247 e. The molecule has 7 heteroatoms. The molecule has 1 aliphatic rings. The summed E-state index contributed by atoms with van der Waals surface area (Å²) in [4.78, 5) is 16.4. The number of nitrogens with zero attached hydrogens (tertiary/aromatic N) is 3. The highest BCUT2D eigenvalue weighted by atomic mass is 32.1. The molecule has 0 saturated heterocycles. The van der Waals surface area contributed by atoms with Crippen LogP contribution in [0.25, 0.3) is 6.08 Å². The lowest BCUT2D eigenvalue weighted by Crippen LogP contribution is -2.39. The lowest BCUT2D eigenvalue weighted by molar-refractivity contribution is -0.127. The summed E-state index contributed by atoms with van der Waals surface area (Å²) >= 11 is 1.66. The van der Waals surface area contributed by atoms with Crippen LogP contribution in [0.3, 0.4) is 0 Å². The van der Waals surface area contributed by atoms with Gasteiger partial charge in [0.2, 0.25) is 5.91 Å². The molecule has 31 heavy (non-hydrogen) atoms. The Labute approximate surface area is 186 Å². The Bertz CT molecular complexity index is 1130. The van der Waals surface area contributed by atoms with Gasteiger partial charge in [-0.25, -0.2) is 0 Å². The Morgan fingerprint density at radius 2 is 1.97 bits per heavy atom. The van der Waals surface area contributed by atoms with Crippen molar-refractivity contribution in [3.8, 4) is 11.5 Å². The van der Waals surface area contributed by atoms with Gasteiger partial charge in [0.1, 0.15) is 0 Å². The van der Waals surface area contributed by atoms with Crippen LogP contribution in [-0.4, -0.2) is 41.4 Å². The number of amides is 1. The Kier molecular flexibility index (Phi) is 5.87. The minimum atomic E-state index is -0.156. The highest BCUT2D eigenvalue weighted by molar-refractivity contribution is 7.10. The number of hydrogen-bond donors (Lipinski definition) is 0. The highest BCUT2D eigenvalue weighted by Crippen LogP contribution is 2.42. The van der Waals surface area contributed by atoms with Crippen LogP contribution in [0, 0.1) is 13.8 Å². The predicted molar refractivity (Wildman–Crippen MR) is 123 cm³/mol. The molecule has 0 bridgehead atoms. The van der Waals surface area contributed by atoms with Gasteiger partial charge in [-0.05, 0) is 61.1 Å². The molecular weight excluding hydrogens is 410 g/mol. The Morgan fingerprint density at radius 3 is 2.58 bits per heavy atom. The van der Waals surface area contributed by atoms with Gasteiger partial charge in [0.05, 0.1) is 26.0 Å². The van der Waals surface area contributed by atoms with Crippen LogP contribution in [0.4, 0.5) is 0 Å². The maximum absolute atomic E-state index is 13.4. The molecule has 1 aromatic carbocycles. The molecule has 0 N–H and O–H groups in total. The number of hydrogen-bond acceptors (Lipinski definition) is 5. The first-order valence-corrected chi connectivity index (χ1v) is 11.1. The zero-order valence-corrected chi connectivity index (χ0v) is 19.3. The fourth-order valence-corrected chi connectivity index (χ4v) is 5.07. The summed E-state index contributed by atoms with van der Waals surface area (Å²) in [6.07, 6.45) is 4.32. The van der Waals surface area contributed by atoms with E-state index in [1.807, 2.05) is 60.1 Å². The Morgan fingerprint density at radius 1 is 1.23 bits per heavy atom. The van der Waals surface area contributed by atoms with E-state index in [-0.39, 0.29) is 11.9 Å². The highest BCUT2D eigenvalue weighted by Gasteiger charge is 2.33. The normalized spacial score (nSPS) is 15.9. The Balaban J connectivity index is 1.73. The monoisotopic (exact) mass is 437 g/mol. The van der Waals surface area contributed by atoms with Gasteiger partial charge in [-0.1, -0.05) is 6.07 Å². The van der Waals surface area contributed by atoms with Crippen LogP contribution in [0.5, 0.6) is 11.5 Å². The molecule has 1 amide bonds. The zero-order chi connectivity index (χ0) is 22.1. The molecule has 162 valence electrons. The largest absolute Gasteiger partial charge is 0.493 e. The van der Waals surface area contributed by atoms with Crippen LogP contribution in [0.1, 0.15) is 39.0 Å². The molecule has 4 rings (SSSR count). The molecule has 1 aliphatic heterocycles. The van der Waals surface area contributed by atoms with Crippen molar-refractivity contribution in [2.24, 2.45) is 7.05 Å². The van der Waals surface area contributed by atoms with Crippen molar-refractivity contribution in [1.82, 2.24) is 14.7 Å². The number of aryl methyl sites for hydroxylation is 2. The van der Waals surface area contributed by atoms with Crippen molar-refractivity contribution in [2.45, 2.75) is 26.3 Å². The van der Waals surface area contributed by atoms with E-state index in [9.17, 15) is 4.79 Å². The van der Waals surface area contributed by atoms with E-state index in [1.165, 1.54) is 5.56 Å². The molecule has 0 spiro atoms. The van der Waals surface area contributed by atoms with Crippen LogP contribution < -0.4 is 9.47 Å². The quantitative estimate of drug-likeness (QED) is 0.559. The van der Waals surface area contributed by atoms with Crippen LogP contribution in [0.2, 0.25) is 0 Å². The van der Waals surface area contributed by atoms with E-state index in [0.29, 0.717) is 18.0 Å². The molecular formula is C24H27N3O3S. The summed E-state index contributed by atoms with van der Waals surface area (Å²) in [5.74, 6) is 1.38. The third kappa shape index (κ3) is 3.85. The van der Waals surface area contributed by atoms with Crippen molar-refractivity contribution < 1.29 is 14.3 Å². The van der Waals surface area contributed by atoms with Crippen LogP contribution >= 0.6 is 11.3 Å². The zero-order valence-electron chi connectivity index (χ0n) is 18.5. The second-order valence-corrected chi connectivity index (χ2v) is 8.63. The average Bonchev–Trinajstić information content (AvgIpc) is 3.38. The SMILES string of the molecule is COc1cc2c(cc1OC)[C@H](c1cccs1)N(C(=O)/C=C\c1c(C)nn(C)c1C)CC2. The second-order valence-electron chi connectivity index (χ2n) is 7.65. The molecule has 0 unspecified atom stereocenters. The Hall–Kier alpha value is -3.06. The van der Waals surface area contributed by atoms with Gasteiger partial charge in [-0.2, -0.15) is 5.10 Å². The summed E-state index contributed by atoms with van der Waals surface area (Å²) in [5, 5.41) is 6.49. The van der Waals surface area contributed by atoms with Crippen LogP contribution in [0.15, 0.2) is 35.7 Å². The molecule has 0 saturated carbocycles. The van der Waals surface area contributed by atoms with Crippen molar-refractivity contribution in [1.29, 1.82) is 0 Å². The van der Waals surface area contributed by atoms with Gasteiger partial charge in [0, 0.05) is 35.8 Å². The number of methoxy groups -OCH3 is 2. The topological polar surface area (TPSA) is 56.6 Å². The van der Waals surface area contributed by atoms with Crippen molar-refractivity contribution in [3.63, 3.8) is 0 Å². The van der Waals surface area contributed by atoms with E-state index >= 15 is 0 Å². The van der Waals surface area contributed by atoms with Crippen LogP contribution in [-0.2, 0) is 18.3 Å². The molecule has 0 fully saturated rings. The van der Waals surface area contributed by atoms with E-state index in [1.54, 1.807) is 31.6 Å². The number of ether oxygens (including phenoxy) is 2. The van der Waals surface area contributed by atoms with Gasteiger partial charge in [0.25, 0.3) is 0 Å². The molecule has 0 aliphatic carbocycles. The van der Waals surface area contributed by atoms with E-state index in [2.05, 4.69) is 11.2 Å². The van der Waals surface area contributed by atoms with Gasteiger partial charge in [-0.3, -0.25) is 9.48 Å². The fraction of sp³-hybridized carbons (Fsp3) is 0.333. The van der Waals surface area contributed by atoms with Gasteiger partial charge >= 0.3 is 0 Å². The van der Waals surface area contributed by atoms with E-state index in [4.69, 9.17) is 9.47 Å². The van der Waals surface area contributed by atoms with Gasteiger partial charge in [-0.15, -0.1) is 11.3 Å². The standard InChI is InChI=1S/C24H27N3O3S/c1-15-18(16(2)26(3)25-15)8-9-23(28)27-11-10-17-13-20(29-4)21(30-5)14-19(17)24(27)22-7-6-12-31-22/h6-9,12-14,24H,10-11H2,1-5H3/b9-8-/t24-/m1/s1. The fourth-order valence-electron chi connectivity index (χ4n) is 4.22. The summed E-state index contributed by atoms with van der Waals surface area (Å²) in [7, 11) is 5.20. The molecule has 6 nitrogen and oxygen atoms in total. The molecule has 3 heterocycles. The number of carbonyl (C=O) groups excluding carboxylic acids is 1. The predicted octanol–water partition coefficient (Wildman–Crippen LogP) is 4.30. The lowest BCUT2D eigenvalue weighted by Gasteiger charge is -2.37. The van der Waals surface area contributed by atoms with E-state index in [0.717, 1.165) is 33.8 Å². The molecule has 2 aromatic heterocycles. The number of fused-ring (bicyclic) bond motifs is 1. The average molecular weight is 438 g/mol. The second kappa shape index (κ2) is 8.59. The summed E-state index contributed by atoms with van der Waals surface area (Å²) < 4.78 is 12.9. The number of thiophene rings is 1. The molecule has 3 aromatic rings. The minimum Gasteiger partial charge on any atom is -0.493 e. The van der Waals surface area contributed by atoms with E-state index < -0.39 is 0 Å². The van der Waals surface area contributed by atoms with Crippen molar-refractivity contribution >= 4 is 23.3 Å². The third-order valence-corrected chi connectivity index (χ3v) is 6.85. The number of rotatable bonds is 5. The first-order chi connectivity index (χ1) is 14.9. The number of aromatic nitrogens is 2. The smallest absolute Gasteiger partial charge is 0.247 e. The summed E-state index contributed by atoms with van der Waals surface area (Å²) in [5.41, 5.74) is 5.22. The third-order valence-electron chi connectivity index (χ3n) is 5.93. The first kappa shape index (κ1) is 21.2. The summed E-state index contributed by atoms with van der Waals surface area (Å²) in [6.45, 7) is 4.61. The van der Waals surface area contributed by atoms with Gasteiger partial charge < -0.3 is 14.4 Å². The van der Waals surface area contributed by atoms with Crippen molar-refractivity contribution in [2.75, 3.05) is 20.8 Å². The van der Waals surface area contributed by atoms with Gasteiger partial charge in [0.15, 0.2) is 11.5 Å². The minimum absolute atomic E-state index is 0.0125. The lowest BCUT2D eigenvalue weighted by atomic mass is 9.90. The first-order valence-electron chi connectivity index (χ1n) is 10.2.